The van der Waals surface area contributed by atoms with Crippen molar-refractivity contribution in [2.75, 3.05) is 18.5 Å². The lowest BCUT2D eigenvalue weighted by molar-refractivity contribution is -0.147. The van der Waals surface area contributed by atoms with Crippen LogP contribution in [-0.2, 0) is 24.3 Å². The molecule has 0 aliphatic heterocycles. The second kappa shape index (κ2) is 9.70. The Morgan fingerprint density at radius 2 is 1.74 bits per heavy atom. The maximum atomic E-state index is 12.0. The van der Waals surface area contributed by atoms with Gasteiger partial charge in [0.05, 0.1) is 22.0 Å². The van der Waals surface area contributed by atoms with Gasteiger partial charge in [-0.05, 0) is 30.3 Å². The van der Waals surface area contributed by atoms with E-state index in [-0.39, 0.29) is 22.9 Å². The molecule has 7 nitrogen and oxygen atoms in total. The van der Waals surface area contributed by atoms with Crippen LogP contribution in [0.2, 0.25) is 10.0 Å². The SMILES string of the molecule is O=C(COC(=O)CCNS(=O)(=O)c1ccccc1)Nc1cc(Cl)ccc1Cl. The third kappa shape index (κ3) is 6.84. The first-order valence-corrected chi connectivity index (χ1v) is 9.97. The van der Waals surface area contributed by atoms with Gasteiger partial charge in [0.1, 0.15) is 0 Å². The van der Waals surface area contributed by atoms with Gasteiger partial charge < -0.3 is 10.1 Å². The Labute approximate surface area is 166 Å². The lowest BCUT2D eigenvalue weighted by Gasteiger charge is -2.09. The lowest BCUT2D eigenvalue weighted by atomic mass is 10.3. The summed E-state index contributed by atoms with van der Waals surface area (Å²) in [5, 5.41) is 3.14. The summed E-state index contributed by atoms with van der Waals surface area (Å²) in [6.07, 6.45) is -0.225. The second-order valence-electron chi connectivity index (χ2n) is 5.29. The minimum Gasteiger partial charge on any atom is -0.456 e. The molecule has 0 aliphatic carbocycles. The quantitative estimate of drug-likeness (QED) is 0.626. The van der Waals surface area contributed by atoms with Crippen LogP contribution in [-0.4, -0.2) is 33.4 Å². The molecule has 2 rings (SSSR count). The van der Waals surface area contributed by atoms with Crippen LogP contribution in [0.25, 0.3) is 0 Å². The molecule has 0 heterocycles. The van der Waals surface area contributed by atoms with Gasteiger partial charge >= 0.3 is 5.97 Å². The van der Waals surface area contributed by atoms with Crippen LogP contribution in [0, 0.1) is 0 Å². The van der Waals surface area contributed by atoms with Crippen molar-refractivity contribution in [1.82, 2.24) is 4.72 Å². The third-order valence-corrected chi connectivity index (χ3v) is 5.28. The van der Waals surface area contributed by atoms with Crippen LogP contribution in [0.5, 0.6) is 0 Å². The average molecular weight is 431 g/mol. The first-order valence-electron chi connectivity index (χ1n) is 7.73. The van der Waals surface area contributed by atoms with E-state index in [1.807, 2.05) is 0 Å². The fourth-order valence-electron chi connectivity index (χ4n) is 1.97. The first kappa shape index (κ1) is 21.2. The van der Waals surface area contributed by atoms with Gasteiger partial charge in [0.2, 0.25) is 10.0 Å². The number of rotatable bonds is 8. The summed E-state index contributed by atoms with van der Waals surface area (Å²) in [5.41, 5.74) is 0.292. The molecule has 27 heavy (non-hydrogen) atoms. The highest BCUT2D eigenvalue weighted by Gasteiger charge is 2.14. The van der Waals surface area contributed by atoms with Crippen molar-refractivity contribution < 1.29 is 22.7 Å². The summed E-state index contributed by atoms with van der Waals surface area (Å²) in [7, 11) is -3.70. The van der Waals surface area contributed by atoms with Gasteiger partial charge in [-0.15, -0.1) is 0 Å². The number of anilines is 1. The van der Waals surface area contributed by atoms with Gasteiger partial charge in [0.15, 0.2) is 6.61 Å². The van der Waals surface area contributed by atoms with Crippen molar-refractivity contribution in [3.8, 4) is 0 Å². The average Bonchev–Trinajstić information content (AvgIpc) is 2.63. The Morgan fingerprint density at radius 3 is 2.44 bits per heavy atom. The number of esters is 1. The molecule has 0 saturated heterocycles. The van der Waals surface area contributed by atoms with E-state index in [2.05, 4.69) is 10.0 Å². The Balaban J connectivity index is 1.74. The number of hydrogen-bond donors (Lipinski definition) is 2. The Morgan fingerprint density at radius 1 is 1.04 bits per heavy atom. The van der Waals surface area contributed by atoms with Gasteiger partial charge in [-0.1, -0.05) is 41.4 Å². The van der Waals surface area contributed by atoms with Gasteiger partial charge in [0, 0.05) is 11.6 Å². The predicted molar refractivity (Wildman–Crippen MR) is 102 cm³/mol. The molecule has 2 aromatic rings. The molecule has 0 fully saturated rings. The van der Waals surface area contributed by atoms with Crippen molar-refractivity contribution in [3.05, 3.63) is 58.6 Å². The summed E-state index contributed by atoms with van der Waals surface area (Å²) in [6.45, 7) is -0.690. The van der Waals surface area contributed by atoms with E-state index in [0.29, 0.717) is 10.7 Å². The molecule has 0 aromatic heterocycles. The number of ether oxygens (including phenoxy) is 1. The molecular weight excluding hydrogens is 415 g/mol. The Hall–Kier alpha value is -2.13. The Kier molecular flexibility index (Phi) is 7.61. The summed E-state index contributed by atoms with van der Waals surface area (Å²) >= 11 is 11.7. The maximum Gasteiger partial charge on any atom is 0.307 e. The van der Waals surface area contributed by atoms with Crippen LogP contribution in [0.3, 0.4) is 0 Å². The van der Waals surface area contributed by atoms with Crippen molar-refractivity contribution >= 4 is 50.8 Å². The van der Waals surface area contributed by atoms with E-state index in [0.717, 1.165) is 0 Å². The summed E-state index contributed by atoms with van der Waals surface area (Å²) < 4.78 is 31.1. The van der Waals surface area contributed by atoms with Crippen molar-refractivity contribution in [3.63, 3.8) is 0 Å². The van der Waals surface area contributed by atoms with Crippen LogP contribution < -0.4 is 10.0 Å². The maximum absolute atomic E-state index is 12.0. The molecule has 0 unspecified atom stereocenters. The molecule has 1 amide bonds. The van der Waals surface area contributed by atoms with Crippen LogP contribution >= 0.6 is 23.2 Å². The Bertz CT molecular complexity index is 920. The highest BCUT2D eigenvalue weighted by molar-refractivity contribution is 7.89. The van der Waals surface area contributed by atoms with E-state index in [4.69, 9.17) is 27.9 Å². The highest BCUT2D eigenvalue weighted by atomic mass is 35.5. The standard InChI is InChI=1S/C17H16Cl2N2O5S/c18-12-6-7-14(19)15(10-12)21-16(22)11-26-17(23)8-9-20-27(24,25)13-4-2-1-3-5-13/h1-7,10,20H,8-9,11H2,(H,21,22). The number of benzene rings is 2. The van der Waals surface area contributed by atoms with Crippen LogP contribution in [0.15, 0.2) is 53.4 Å². The number of amides is 1. The van der Waals surface area contributed by atoms with E-state index < -0.39 is 28.5 Å². The van der Waals surface area contributed by atoms with Gasteiger partial charge in [0.25, 0.3) is 5.91 Å². The fourth-order valence-corrected chi connectivity index (χ4v) is 3.36. The normalized spacial score (nSPS) is 11.0. The van der Waals surface area contributed by atoms with E-state index >= 15 is 0 Å². The molecule has 10 heteroatoms. The molecule has 0 saturated carbocycles. The predicted octanol–water partition coefficient (Wildman–Crippen LogP) is 2.84. The van der Waals surface area contributed by atoms with E-state index in [1.165, 1.54) is 24.3 Å². The van der Waals surface area contributed by atoms with Gasteiger partial charge in [-0.2, -0.15) is 0 Å². The smallest absolute Gasteiger partial charge is 0.307 e. The molecule has 0 spiro atoms. The number of halogens is 2. The molecule has 2 aromatic carbocycles. The third-order valence-electron chi connectivity index (χ3n) is 3.24. The molecule has 0 atom stereocenters. The minimum atomic E-state index is -3.70. The minimum absolute atomic E-state index is 0.0937. The zero-order valence-corrected chi connectivity index (χ0v) is 16.3. The first-order chi connectivity index (χ1) is 12.8. The number of nitrogens with one attached hydrogen (secondary N) is 2. The molecular formula is C17H16Cl2N2O5S. The summed E-state index contributed by atoms with van der Waals surface area (Å²) in [4.78, 5) is 23.5. The van der Waals surface area contributed by atoms with Gasteiger partial charge in [-0.25, -0.2) is 13.1 Å². The van der Waals surface area contributed by atoms with E-state index in [9.17, 15) is 18.0 Å². The lowest BCUT2D eigenvalue weighted by Crippen LogP contribution is -2.28. The number of sulfonamides is 1. The molecule has 144 valence electrons. The van der Waals surface area contributed by atoms with Crippen molar-refractivity contribution in [1.29, 1.82) is 0 Å². The highest BCUT2D eigenvalue weighted by Crippen LogP contribution is 2.25. The number of carbonyl (C=O) groups excluding carboxylic acids is 2. The second-order valence-corrected chi connectivity index (χ2v) is 7.90. The van der Waals surface area contributed by atoms with Crippen LogP contribution in [0.4, 0.5) is 5.69 Å². The largest absolute Gasteiger partial charge is 0.456 e. The molecule has 2 N–H and O–H groups in total. The molecule has 0 aliphatic rings. The molecule has 0 bridgehead atoms. The molecule has 0 radical (unpaired) electrons. The summed E-state index contributed by atoms with van der Waals surface area (Å²) in [5.74, 6) is -1.32. The summed E-state index contributed by atoms with van der Waals surface area (Å²) in [6, 6.07) is 12.3. The van der Waals surface area contributed by atoms with Crippen LogP contribution in [0.1, 0.15) is 6.42 Å². The fraction of sp³-hybridized carbons (Fsp3) is 0.176. The number of hydrogen-bond acceptors (Lipinski definition) is 5. The van der Waals surface area contributed by atoms with E-state index in [1.54, 1.807) is 24.3 Å². The number of carbonyl (C=O) groups is 2. The zero-order chi connectivity index (χ0) is 19.9. The van der Waals surface area contributed by atoms with Crippen molar-refractivity contribution in [2.45, 2.75) is 11.3 Å². The topological polar surface area (TPSA) is 102 Å². The van der Waals surface area contributed by atoms with Gasteiger partial charge in [-0.3, -0.25) is 9.59 Å². The zero-order valence-electron chi connectivity index (χ0n) is 13.9. The van der Waals surface area contributed by atoms with Crippen molar-refractivity contribution in [2.24, 2.45) is 0 Å². The monoisotopic (exact) mass is 430 g/mol.